The van der Waals surface area contributed by atoms with Gasteiger partial charge < -0.3 is 40.4 Å². The number of rotatable bonds is 12. The Morgan fingerprint density at radius 3 is 2.13 bits per heavy atom. The zero-order valence-electron chi connectivity index (χ0n) is 28.5. The van der Waals surface area contributed by atoms with E-state index in [1.165, 1.54) is 29.2 Å². The molecule has 1 aliphatic rings. The van der Waals surface area contributed by atoms with E-state index in [-0.39, 0.29) is 47.6 Å². The summed E-state index contributed by atoms with van der Waals surface area (Å²) in [7, 11) is 0. The number of nitrogens with two attached hydrogens (primary N) is 1. The Labute approximate surface area is 295 Å². The summed E-state index contributed by atoms with van der Waals surface area (Å²) >= 11 is 0. The molecule has 282 valence electrons. The Kier molecular flexibility index (Phi) is 13.9. The highest BCUT2D eigenvalue weighted by Crippen LogP contribution is 2.40. The number of carboxylic acid groups (broad SMARTS) is 2. The summed E-state index contributed by atoms with van der Waals surface area (Å²) in [6.45, 7) is 7.90. The molecule has 0 aliphatic carbocycles. The third-order valence-corrected chi connectivity index (χ3v) is 7.41. The average Bonchev–Trinajstić information content (AvgIpc) is 3.07. The molecule has 0 spiro atoms. The molecule has 2 heterocycles. The molecular weight excluding hydrogens is 701 g/mol. The molecule has 2 aromatic carbocycles. The van der Waals surface area contributed by atoms with Crippen LogP contribution in [0.15, 0.2) is 42.5 Å². The van der Waals surface area contributed by atoms with Gasteiger partial charge in [0.1, 0.15) is 28.6 Å². The Morgan fingerprint density at radius 1 is 1.00 bits per heavy atom. The van der Waals surface area contributed by atoms with E-state index in [2.05, 4.69) is 10.3 Å². The van der Waals surface area contributed by atoms with Gasteiger partial charge in [0.25, 0.3) is 17.7 Å². The van der Waals surface area contributed by atoms with Crippen molar-refractivity contribution < 1.29 is 60.8 Å². The van der Waals surface area contributed by atoms with Crippen molar-refractivity contribution in [3.8, 4) is 23.3 Å². The fourth-order valence-corrected chi connectivity index (χ4v) is 5.11. The fraction of sp³-hybridized carbons (Fsp3) is 0.382. The van der Waals surface area contributed by atoms with E-state index in [1.54, 1.807) is 39.8 Å². The predicted octanol–water partition coefficient (Wildman–Crippen LogP) is 6.48. The quantitative estimate of drug-likeness (QED) is 0.0774. The van der Waals surface area contributed by atoms with Crippen molar-refractivity contribution in [1.29, 1.82) is 5.41 Å². The molecule has 1 saturated heterocycles. The van der Waals surface area contributed by atoms with Crippen LogP contribution in [0.4, 0.5) is 27.6 Å². The molecule has 6 N–H and O–H groups in total. The number of nitrogen functional groups attached to an aromatic ring is 1. The second-order valence-corrected chi connectivity index (χ2v) is 12.0. The molecule has 13 nitrogen and oxygen atoms in total. The summed E-state index contributed by atoms with van der Waals surface area (Å²) in [5, 5.41) is 27.5. The maximum Gasteiger partial charge on any atom is 0.490 e. The molecule has 18 heteroatoms. The first-order chi connectivity index (χ1) is 24.3. The van der Waals surface area contributed by atoms with Crippen LogP contribution in [0.5, 0.6) is 23.3 Å². The van der Waals surface area contributed by atoms with Gasteiger partial charge in [-0.1, -0.05) is 12.1 Å². The van der Waals surface area contributed by atoms with Crippen LogP contribution in [0, 0.1) is 17.0 Å². The summed E-state index contributed by atoms with van der Waals surface area (Å²) in [4.78, 5) is 39.3. The number of amidine groups is 1. The molecule has 1 aliphatic heterocycles. The summed E-state index contributed by atoms with van der Waals surface area (Å²) in [5.41, 5.74) is 4.99. The first kappa shape index (κ1) is 40.9. The van der Waals surface area contributed by atoms with Crippen molar-refractivity contribution in [3.63, 3.8) is 0 Å². The van der Waals surface area contributed by atoms with E-state index in [0.29, 0.717) is 12.2 Å². The molecular formula is C34H38F5N5O8. The number of hydrogen-bond donors (Lipinski definition) is 5. The maximum absolute atomic E-state index is 16.1. The van der Waals surface area contributed by atoms with Crippen LogP contribution in [0.25, 0.3) is 0 Å². The number of aromatic nitrogens is 1. The number of halogens is 5. The van der Waals surface area contributed by atoms with Gasteiger partial charge in [-0.2, -0.15) is 26.9 Å². The maximum atomic E-state index is 16.1. The number of benzene rings is 2. The van der Waals surface area contributed by atoms with Crippen molar-refractivity contribution in [1.82, 2.24) is 10.3 Å². The van der Waals surface area contributed by atoms with Crippen LogP contribution in [-0.4, -0.2) is 76.4 Å². The highest BCUT2D eigenvalue weighted by Gasteiger charge is 2.38. The van der Waals surface area contributed by atoms with E-state index >= 15 is 8.78 Å². The van der Waals surface area contributed by atoms with Gasteiger partial charge in [0.15, 0.2) is 0 Å². The topological polar surface area (TPSA) is 197 Å². The monoisotopic (exact) mass is 739 g/mol. The Hall–Kier alpha value is -5.52. The van der Waals surface area contributed by atoms with Crippen LogP contribution in [0.2, 0.25) is 0 Å². The van der Waals surface area contributed by atoms with Gasteiger partial charge in [-0.3, -0.25) is 10.2 Å². The highest BCUT2D eigenvalue weighted by molar-refractivity contribution is 5.99. The number of anilines is 1. The number of carboxylic acids is 2. The lowest BCUT2D eigenvalue weighted by Crippen LogP contribution is -2.38. The second kappa shape index (κ2) is 17.6. The zero-order valence-corrected chi connectivity index (χ0v) is 28.5. The standard InChI is InChI=1S/C32H37F2N5O6.C2HF3O2/c1-17(2)39(18(3)4)27-25(33)30(44-21-10-7-8-19(14-21)28(35)36)38-31(26(27)34)45-24-12-11-20(15-23(24)32(41)42)29(40)37-16-22-9-5-6-13-43-22;3-2(4,5)1(6)7/h7-8,10-12,14-15,17-18,22H,5-6,9,13,16H2,1-4H3,(H3,35,36)(H,37,40)(H,41,42);(H,6,7). The lowest BCUT2D eigenvalue weighted by Gasteiger charge is -2.33. The smallest absolute Gasteiger partial charge is 0.478 e. The average molecular weight is 740 g/mol. The van der Waals surface area contributed by atoms with Gasteiger partial charge >= 0.3 is 18.1 Å². The minimum absolute atomic E-state index is 0.0453. The van der Waals surface area contributed by atoms with E-state index in [0.717, 1.165) is 25.3 Å². The fourth-order valence-electron chi connectivity index (χ4n) is 5.11. The molecule has 52 heavy (non-hydrogen) atoms. The lowest BCUT2D eigenvalue weighted by atomic mass is 10.1. The summed E-state index contributed by atoms with van der Waals surface area (Å²) < 4.78 is 80.8. The van der Waals surface area contributed by atoms with E-state index in [4.69, 9.17) is 35.3 Å². The number of amides is 1. The van der Waals surface area contributed by atoms with Crippen LogP contribution in [0.3, 0.4) is 0 Å². The number of alkyl halides is 3. The molecule has 1 amide bonds. The van der Waals surface area contributed by atoms with Crippen LogP contribution in [0.1, 0.15) is 73.2 Å². The molecule has 1 aromatic heterocycles. The minimum atomic E-state index is -5.08. The predicted molar refractivity (Wildman–Crippen MR) is 178 cm³/mol. The number of aromatic carboxylic acids is 1. The third kappa shape index (κ3) is 10.7. The Balaban J connectivity index is 0.000000944. The number of carbonyl (C=O) groups excluding carboxylic acids is 1. The molecule has 1 fully saturated rings. The summed E-state index contributed by atoms with van der Waals surface area (Å²) in [6.07, 6.45) is -2.44. The number of nitrogens with zero attached hydrogens (tertiary/aromatic N) is 2. The Morgan fingerprint density at radius 2 is 1.62 bits per heavy atom. The van der Waals surface area contributed by atoms with Gasteiger partial charge in [0, 0.05) is 36.4 Å². The first-order valence-corrected chi connectivity index (χ1v) is 15.9. The van der Waals surface area contributed by atoms with E-state index in [9.17, 15) is 27.9 Å². The number of ether oxygens (including phenoxy) is 3. The first-order valence-electron chi connectivity index (χ1n) is 15.9. The molecule has 0 bridgehead atoms. The van der Waals surface area contributed by atoms with Gasteiger partial charge in [-0.25, -0.2) is 9.59 Å². The molecule has 1 unspecified atom stereocenters. The molecule has 4 rings (SSSR count). The van der Waals surface area contributed by atoms with Crippen molar-refractivity contribution in [2.75, 3.05) is 18.1 Å². The van der Waals surface area contributed by atoms with Gasteiger partial charge in [-0.05, 0) is 77.3 Å². The normalized spacial score (nSPS) is 14.2. The highest BCUT2D eigenvalue weighted by atomic mass is 19.4. The molecule has 0 radical (unpaired) electrons. The molecule has 3 aromatic rings. The lowest BCUT2D eigenvalue weighted by molar-refractivity contribution is -0.192. The second-order valence-electron chi connectivity index (χ2n) is 12.0. The van der Waals surface area contributed by atoms with E-state index < -0.39 is 58.7 Å². The van der Waals surface area contributed by atoms with Gasteiger partial charge in [0.2, 0.25) is 11.6 Å². The summed E-state index contributed by atoms with van der Waals surface area (Å²) in [6, 6.07) is 8.88. The van der Waals surface area contributed by atoms with Crippen molar-refractivity contribution in [3.05, 3.63) is 70.8 Å². The van der Waals surface area contributed by atoms with Gasteiger partial charge in [0.05, 0.1) is 6.10 Å². The summed E-state index contributed by atoms with van der Waals surface area (Å²) in [5.74, 6) is -8.90. The minimum Gasteiger partial charge on any atom is -0.478 e. The van der Waals surface area contributed by atoms with Gasteiger partial charge in [-0.15, -0.1) is 0 Å². The largest absolute Gasteiger partial charge is 0.490 e. The Bertz CT molecular complexity index is 1770. The number of nitrogens with one attached hydrogen (secondary N) is 2. The van der Waals surface area contributed by atoms with Crippen molar-refractivity contribution in [2.24, 2.45) is 5.73 Å². The number of pyridine rings is 1. The molecule has 1 atom stereocenters. The number of aliphatic carboxylic acids is 1. The number of carbonyl (C=O) groups is 3. The van der Waals surface area contributed by atoms with Crippen LogP contribution in [-0.2, 0) is 9.53 Å². The van der Waals surface area contributed by atoms with Crippen LogP contribution < -0.4 is 25.4 Å². The van der Waals surface area contributed by atoms with Crippen LogP contribution >= 0.6 is 0 Å². The third-order valence-electron chi connectivity index (χ3n) is 7.41. The SMILES string of the molecule is CC(C)N(c1c(F)c(Oc2cccc(C(=N)N)c2)nc(Oc2ccc(C(=O)NCC3CCCCO3)cc2C(=O)O)c1F)C(C)C.O=C(O)C(F)(F)F. The van der Waals surface area contributed by atoms with E-state index in [1.807, 2.05) is 0 Å². The van der Waals surface area contributed by atoms with Crippen molar-refractivity contribution in [2.45, 2.75) is 71.3 Å². The zero-order chi connectivity index (χ0) is 38.9. The number of hydrogen-bond acceptors (Lipinski definition) is 9. The molecule has 0 saturated carbocycles. The van der Waals surface area contributed by atoms with Crippen molar-refractivity contribution >= 4 is 29.4 Å².